The minimum Gasteiger partial charge on any atom is -0.493 e. The molecule has 0 fully saturated rings. The van der Waals surface area contributed by atoms with Crippen LogP contribution in [0.2, 0.25) is 0 Å². The maximum atomic E-state index is 12.5. The van der Waals surface area contributed by atoms with E-state index < -0.39 is 5.91 Å². The number of benzene rings is 2. The fourth-order valence-corrected chi connectivity index (χ4v) is 4.24. The molecular formula is C20H19N3O4S2. The second kappa shape index (κ2) is 9.94. The molecule has 0 aliphatic heterocycles. The molecule has 0 bridgehead atoms. The summed E-state index contributed by atoms with van der Waals surface area (Å²) in [5, 5.41) is 3.43. The molecule has 0 saturated carbocycles. The van der Waals surface area contributed by atoms with Crippen molar-refractivity contribution >= 4 is 39.9 Å². The van der Waals surface area contributed by atoms with Gasteiger partial charge in [0.05, 0.1) is 12.9 Å². The predicted octanol–water partition coefficient (Wildman–Crippen LogP) is 3.41. The number of aromatic nitrogens is 1. The third-order valence-electron chi connectivity index (χ3n) is 3.67. The Morgan fingerprint density at radius 2 is 1.79 bits per heavy atom. The third-order valence-corrected chi connectivity index (χ3v) is 5.81. The molecule has 0 spiro atoms. The summed E-state index contributed by atoms with van der Waals surface area (Å²) in [7, 11) is 1.54. The standard InChI is InChI=1S/C20H19N3O4S2/c1-26-14-9-5-6-10-15(14)27-11-17(25)22-19-18(13-7-3-2-4-8-13)23-20(29-19)28-12-16(21)24/h2-10H,11-12H2,1H3,(H2,21,24)(H,22,25). The molecule has 2 aromatic carbocycles. The summed E-state index contributed by atoms with van der Waals surface area (Å²) in [4.78, 5) is 28.1. The molecule has 1 heterocycles. The Hall–Kier alpha value is -3.04. The van der Waals surface area contributed by atoms with Crippen LogP contribution in [0, 0.1) is 0 Å². The molecule has 3 N–H and O–H groups in total. The summed E-state index contributed by atoms with van der Waals surface area (Å²) in [6.45, 7) is -0.184. The van der Waals surface area contributed by atoms with E-state index in [-0.39, 0.29) is 18.3 Å². The highest BCUT2D eigenvalue weighted by atomic mass is 32.2. The molecule has 0 saturated heterocycles. The number of nitrogens with two attached hydrogens (primary N) is 1. The molecule has 3 aromatic rings. The first kappa shape index (κ1) is 20.7. The Kier molecular flexibility index (Phi) is 7.09. The van der Waals surface area contributed by atoms with Crippen LogP contribution in [0.1, 0.15) is 0 Å². The predicted molar refractivity (Wildman–Crippen MR) is 115 cm³/mol. The van der Waals surface area contributed by atoms with Gasteiger partial charge >= 0.3 is 0 Å². The Labute approximate surface area is 176 Å². The van der Waals surface area contributed by atoms with Gasteiger partial charge in [0.15, 0.2) is 22.4 Å². The van der Waals surface area contributed by atoms with Crippen molar-refractivity contribution in [3.8, 4) is 22.8 Å². The van der Waals surface area contributed by atoms with Crippen molar-refractivity contribution in [3.05, 3.63) is 54.6 Å². The number of rotatable bonds is 9. The molecule has 29 heavy (non-hydrogen) atoms. The number of nitrogens with one attached hydrogen (secondary N) is 1. The summed E-state index contributed by atoms with van der Waals surface area (Å²) in [6.07, 6.45) is 0. The maximum absolute atomic E-state index is 12.5. The van der Waals surface area contributed by atoms with Crippen molar-refractivity contribution in [1.82, 2.24) is 4.98 Å². The Balaban J connectivity index is 1.74. The minimum absolute atomic E-state index is 0.117. The lowest BCUT2D eigenvalue weighted by Gasteiger charge is -2.10. The molecule has 150 valence electrons. The number of primary amides is 1. The maximum Gasteiger partial charge on any atom is 0.262 e. The average molecular weight is 430 g/mol. The molecule has 1 aromatic heterocycles. The Morgan fingerprint density at radius 1 is 1.10 bits per heavy atom. The van der Waals surface area contributed by atoms with Crippen LogP contribution in [0.25, 0.3) is 11.3 Å². The van der Waals surface area contributed by atoms with Gasteiger partial charge in [0.1, 0.15) is 10.7 Å². The van der Waals surface area contributed by atoms with Gasteiger partial charge in [0, 0.05) is 5.56 Å². The fourth-order valence-electron chi connectivity index (χ4n) is 2.42. The lowest BCUT2D eigenvalue weighted by Crippen LogP contribution is -2.20. The first-order valence-electron chi connectivity index (χ1n) is 8.60. The number of nitrogens with zero attached hydrogens (tertiary/aromatic N) is 1. The largest absolute Gasteiger partial charge is 0.493 e. The van der Waals surface area contributed by atoms with E-state index >= 15 is 0 Å². The van der Waals surface area contributed by atoms with Crippen molar-refractivity contribution in [3.63, 3.8) is 0 Å². The number of thiazole rings is 1. The van der Waals surface area contributed by atoms with Crippen LogP contribution in [0.5, 0.6) is 11.5 Å². The van der Waals surface area contributed by atoms with E-state index in [1.807, 2.05) is 36.4 Å². The van der Waals surface area contributed by atoms with Crippen LogP contribution in [-0.2, 0) is 9.59 Å². The van der Waals surface area contributed by atoms with Crippen LogP contribution in [-0.4, -0.2) is 36.3 Å². The van der Waals surface area contributed by atoms with E-state index in [9.17, 15) is 9.59 Å². The van der Waals surface area contributed by atoms with Crippen LogP contribution < -0.4 is 20.5 Å². The van der Waals surface area contributed by atoms with Gasteiger partial charge in [0.2, 0.25) is 5.91 Å². The van der Waals surface area contributed by atoms with Gasteiger partial charge in [-0.15, -0.1) is 0 Å². The third kappa shape index (κ3) is 5.72. The SMILES string of the molecule is COc1ccccc1OCC(=O)Nc1sc(SCC(N)=O)nc1-c1ccccc1. The van der Waals surface area contributed by atoms with Crippen molar-refractivity contribution in [2.45, 2.75) is 4.34 Å². The first-order valence-corrected chi connectivity index (χ1v) is 10.4. The molecule has 0 aliphatic rings. The molecule has 0 atom stereocenters. The van der Waals surface area contributed by atoms with E-state index in [1.54, 1.807) is 18.2 Å². The fraction of sp³-hybridized carbons (Fsp3) is 0.150. The number of para-hydroxylation sites is 2. The summed E-state index contributed by atoms with van der Waals surface area (Å²) >= 11 is 2.52. The van der Waals surface area contributed by atoms with E-state index in [0.29, 0.717) is 26.5 Å². The molecule has 0 radical (unpaired) electrons. The number of amides is 2. The lowest BCUT2D eigenvalue weighted by atomic mass is 10.2. The first-order chi connectivity index (χ1) is 14.1. The molecule has 9 heteroatoms. The van der Waals surface area contributed by atoms with Gasteiger partial charge < -0.3 is 20.5 Å². The smallest absolute Gasteiger partial charge is 0.262 e. The van der Waals surface area contributed by atoms with E-state index in [2.05, 4.69) is 10.3 Å². The monoisotopic (exact) mass is 429 g/mol. The van der Waals surface area contributed by atoms with Crippen LogP contribution in [0.3, 0.4) is 0 Å². The van der Waals surface area contributed by atoms with E-state index in [0.717, 1.165) is 5.56 Å². The Morgan fingerprint density at radius 3 is 2.48 bits per heavy atom. The number of thioether (sulfide) groups is 1. The summed E-state index contributed by atoms with van der Waals surface area (Å²) in [6, 6.07) is 16.6. The number of hydrogen-bond acceptors (Lipinski definition) is 7. The van der Waals surface area contributed by atoms with Gasteiger partial charge in [0.25, 0.3) is 5.91 Å². The number of carbonyl (C=O) groups excluding carboxylic acids is 2. The van der Waals surface area contributed by atoms with Gasteiger partial charge in [-0.05, 0) is 12.1 Å². The Bertz CT molecular complexity index is 992. The number of ether oxygens (including phenoxy) is 2. The highest BCUT2D eigenvalue weighted by Gasteiger charge is 2.17. The van der Waals surface area contributed by atoms with Crippen LogP contribution >= 0.6 is 23.1 Å². The van der Waals surface area contributed by atoms with E-state index in [4.69, 9.17) is 15.2 Å². The zero-order valence-electron chi connectivity index (χ0n) is 15.6. The second-order valence-corrected chi connectivity index (χ2v) is 7.99. The van der Waals surface area contributed by atoms with Crippen molar-refractivity contribution in [2.24, 2.45) is 5.73 Å². The molecule has 3 rings (SSSR count). The highest BCUT2D eigenvalue weighted by Crippen LogP contribution is 2.37. The quantitative estimate of drug-likeness (QED) is 0.505. The van der Waals surface area contributed by atoms with Crippen LogP contribution in [0.15, 0.2) is 58.9 Å². The van der Waals surface area contributed by atoms with Crippen molar-refractivity contribution in [2.75, 3.05) is 24.8 Å². The van der Waals surface area contributed by atoms with Crippen molar-refractivity contribution in [1.29, 1.82) is 0 Å². The molecule has 0 aliphatic carbocycles. The summed E-state index contributed by atoms with van der Waals surface area (Å²) in [5.74, 6) is 0.389. The zero-order valence-corrected chi connectivity index (χ0v) is 17.2. The lowest BCUT2D eigenvalue weighted by molar-refractivity contribution is -0.118. The molecule has 0 unspecified atom stereocenters. The number of hydrogen-bond donors (Lipinski definition) is 2. The summed E-state index contributed by atoms with van der Waals surface area (Å²) in [5.41, 5.74) is 6.71. The number of anilines is 1. The summed E-state index contributed by atoms with van der Waals surface area (Å²) < 4.78 is 11.4. The van der Waals surface area contributed by atoms with Gasteiger partial charge in [-0.1, -0.05) is 65.6 Å². The zero-order chi connectivity index (χ0) is 20.6. The molecule has 2 amide bonds. The number of carbonyl (C=O) groups is 2. The average Bonchev–Trinajstić information content (AvgIpc) is 3.14. The number of methoxy groups -OCH3 is 1. The molecular weight excluding hydrogens is 410 g/mol. The van der Waals surface area contributed by atoms with E-state index in [1.165, 1.54) is 30.2 Å². The molecule has 7 nitrogen and oxygen atoms in total. The van der Waals surface area contributed by atoms with Crippen molar-refractivity contribution < 1.29 is 19.1 Å². The second-order valence-electron chi connectivity index (χ2n) is 5.77. The topological polar surface area (TPSA) is 104 Å². The van der Waals surface area contributed by atoms with Gasteiger partial charge in [-0.2, -0.15) is 0 Å². The normalized spacial score (nSPS) is 10.4. The van der Waals surface area contributed by atoms with Crippen LogP contribution in [0.4, 0.5) is 5.00 Å². The highest BCUT2D eigenvalue weighted by molar-refractivity contribution is 8.01. The minimum atomic E-state index is -0.428. The van der Waals surface area contributed by atoms with Gasteiger partial charge in [-0.3, -0.25) is 9.59 Å². The van der Waals surface area contributed by atoms with Gasteiger partial charge in [-0.25, -0.2) is 4.98 Å².